The Morgan fingerprint density at radius 1 is 1.04 bits per heavy atom. The van der Waals surface area contributed by atoms with Crippen LogP contribution in [0.4, 0.5) is 10.1 Å². The van der Waals surface area contributed by atoms with E-state index in [2.05, 4.69) is 0 Å². The molecule has 0 saturated heterocycles. The minimum atomic E-state index is -1.01. The average Bonchev–Trinajstić information content (AvgIpc) is 3.18. The smallest absolute Gasteiger partial charge is 0.317 e. The van der Waals surface area contributed by atoms with Gasteiger partial charge in [0.1, 0.15) is 5.82 Å². The van der Waals surface area contributed by atoms with Crippen molar-refractivity contribution < 1.29 is 18.7 Å². The van der Waals surface area contributed by atoms with E-state index in [0.717, 1.165) is 18.5 Å². The lowest BCUT2D eigenvalue weighted by atomic mass is 9.78. The molecule has 0 bridgehead atoms. The van der Waals surface area contributed by atoms with Gasteiger partial charge in [-0.25, -0.2) is 4.39 Å². The SMILES string of the molecule is C[C@@H](OC(=O)C1(c2ccccc2F)CCCC1)C(=O)N(C)c1ccccc1. The first-order valence-corrected chi connectivity index (χ1v) is 9.24. The highest BCUT2D eigenvalue weighted by Gasteiger charge is 2.46. The van der Waals surface area contributed by atoms with Gasteiger partial charge in [-0.2, -0.15) is 0 Å². The summed E-state index contributed by atoms with van der Waals surface area (Å²) < 4.78 is 20.0. The number of carbonyl (C=O) groups is 2. The van der Waals surface area contributed by atoms with Crippen LogP contribution in [0.25, 0.3) is 0 Å². The fourth-order valence-electron chi connectivity index (χ4n) is 3.79. The number of nitrogens with zero attached hydrogens (tertiary/aromatic N) is 1. The van der Waals surface area contributed by atoms with Gasteiger partial charge in [0.25, 0.3) is 5.91 Å². The second-order valence-corrected chi connectivity index (χ2v) is 7.05. The zero-order valence-corrected chi connectivity index (χ0v) is 15.7. The maximum Gasteiger partial charge on any atom is 0.317 e. The van der Waals surface area contributed by atoms with Crippen LogP contribution in [0.1, 0.15) is 38.2 Å². The van der Waals surface area contributed by atoms with E-state index in [1.807, 2.05) is 30.3 Å². The lowest BCUT2D eigenvalue weighted by Crippen LogP contribution is -2.42. The molecule has 0 N–H and O–H groups in total. The van der Waals surface area contributed by atoms with Crippen molar-refractivity contribution >= 4 is 17.6 Å². The Balaban J connectivity index is 1.78. The van der Waals surface area contributed by atoms with E-state index in [1.165, 1.54) is 11.0 Å². The number of amides is 1. The van der Waals surface area contributed by atoms with Crippen molar-refractivity contribution in [2.24, 2.45) is 0 Å². The molecule has 5 heteroatoms. The molecule has 2 aromatic rings. The Bertz CT molecular complexity index is 815. The van der Waals surface area contributed by atoms with Gasteiger partial charge in [0.05, 0.1) is 5.41 Å². The van der Waals surface area contributed by atoms with Gasteiger partial charge in [0.2, 0.25) is 0 Å². The van der Waals surface area contributed by atoms with E-state index in [4.69, 9.17) is 4.74 Å². The van der Waals surface area contributed by atoms with Crippen LogP contribution in [0.3, 0.4) is 0 Å². The van der Waals surface area contributed by atoms with Crippen molar-refractivity contribution in [1.29, 1.82) is 0 Å². The van der Waals surface area contributed by atoms with Crippen molar-refractivity contribution in [3.63, 3.8) is 0 Å². The van der Waals surface area contributed by atoms with E-state index < -0.39 is 23.3 Å². The zero-order chi connectivity index (χ0) is 19.4. The summed E-state index contributed by atoms with van der Waals surface area (Å²) in [5, 5.41) is 0. The third kappa shape index (κ3) is 3.72. The number of esters is 1. The Hall–Kier alpha value is -2.69. The van der Waals surface area contributed by atoms with Crippen LogP contribution in [0.2, 0.25) is 0 Å². The fourth-order valence-corrected chi connectivity index (χ4v) is 3.79. The Morgan fingerprint density at radius 2 is 1.63 bits per heavy atom. The minimum Gasteiger partial charge on any atom is -0.452 e. The first-order valence-electron chi connectivity index (χ1n) is 9.24. The van der Waals surface area contributed by atoms with Crippen LogP contribution in [0.15, 0.2) is 54.6 Å². The van der Waals surface area contributed by atoms with Crippen LogP contribution in [-0.2, 0) is 19.7 Å². The second-order valence-electron chi connectivity index (χ2n) is 7.05. The van der Waals surface area contributed by atoms with Crippen molar-refractivity contribution in [1.82, 2.24) is 0 Å². The molecule has 0 unspecified atom stereocenters. The number of likely N-dealkylation sites (N-methyl/N-ethyl adjacent to an activating group) is 1. The largest absolute Gasteiger partial charge is 0.452 e. The summed E-state index contributed by atoms with van der Waals surface area (Å²) >= 11 is 0. The molecule has 2 aromatic carbocycles. The predicted molar refractivity (Wildman–Crippen MR) is 102 cm³/mol. The lowest BCUT2D eigenvalue weighted by Gasteiger charge is -2.30. The summed E-state index contributed by atoms with van der Waals surface area (Å²) in [5.41, 5.74) is 0.0734. The highest BCUT2D eigenvalue weighted by Crippen LogP contribution is 2.43. The number of ether oxygens (including phenoxy) is 1. The third-order valence-electron chi connectivity index (χ3n) is 5.34. The molecule has 4 nitrogen and oxygen atoms in total. The van der Waals surface area contributed by atoms with E-state index in [1.54, 1.807) is 32.2 Å². The van der Waals surface area contributed by atoms with E-state index in [9.17, 15) is 14.0 Å². The average molecular weight is 369 g/mol. The minimum absolute atomic E-state index is 0.323. The first-order chi connectivity index (χ1) is 13.0. The number of anilines is 1. The maximum absolute atomic E-state index is 14.4. The van der Waals surface area contributed by atoms with Crippen LogP contribution in [0, 0.1) is 5.82 Å². The standard InChI is InChI=1S/C22H24FNO3/c1-16(20(25)24(2)17-10-4-3-5-11-17)27-21(26)22(14-8-9-15-22)18-12-6-7-13-19(18)23/h3-7,10-13,16H,8-9,14-15H2,1-2H3/t16-/m1/s1. The Labute approximate surface area is 158 Å². The number of benzene rings is 2. The molecule has 1 atom stereocenters. The van der Waals surface area contributed by atoms with Crippen molar-refractivity contribution in [3.8, 4) is 0 Å². The number of rotatable bonds is 5. The molecular formula is C22H24FNO3. The summed E-state index contributed by atoms with van der Waals surface area (Å²) in [7, 11) is 1.64. The van der Waals surface area contributed by atoms with Crippen molar-refractivity contribution in [2.45, 2.75) is 44.1 Å². The Kier molecular flexibility index (Phi) is 5.59. The number of hydrogen-bond acceptors (Lipinski definition) is 3. The normalized spacial score (nSPS) is 16.6. The molecule has 142 valence electrons. The number of carbonyl (C=O) groups excluding carboxylic acids is 2. The number of hydrogen-bond donors (Lipinski definition) is 0. The summed E-state index contributed by atoms with van der Waals surface area (Å²) in [6, 6.07) is 15.5. The van der Waals surface area contributed by atoms with Gasteiger partial charge in [-0.05, 0) is 38.0 Å². The van der Waals surface area contributed by atoms with Gasteiger partial charge in [-0.3, -0.25) is 9.59 Å². The van der Waals surface area contributed by atoms with Gasteiger partial charge in [-0.1, -0.05) is 49.2 Å². The molecule has 1 aliphatic rings. The van der Waals surface area contributed by atoms with Crippen LogP contribution < -0.4 is 4.90 Å². The molecule has 3 rings (SSSR count). The van der Waals surface area contributed by atoms with Crippen LogP contribution >= 0.6 is 0 Å². The molecule has 1 saturated carbocycles. The van der Waals surface area contributed by atoms with Crippen molar-refractivity contribution in [3.05, 3.63) is 66.0 Å². The lowest BCUT2D eigenvalue weighted by molar-refractivity contribution is -0.159. The predicted octanol–water partition coefficient (Wildman–Crippen LogP) is 4.23. The molecule has 1 fully saturated rings. The van der Waals surface area contributed by atoms with Gasteiger partial charge < -0.3 is 9.64 Å². The van der Waals surface area contributed by atoms with Gasteiger partial charge in [0.15, 0.2) is 6.10 Å². The molecule has 0 aromatic heterocycles. The molecule has 0 spiro atoms. The van der Waals surface area contributed by atoms with Gasteiger partial charge >= 0.3 is 5.97 Å². The molecule has 0 heterocycles. The zero-order valence-electron chi connectivity index (χ0n) is 15.7. The quantitative estimate of drug-likeness (QED) is 0.741. The first kappa shape index (κ1) is 19.1. The summed E-state index contributed by atoms with van der Waals surface area (Å²) in [4.78, 5) is 27.2. The van der Waals surface area contributed by atoms with E-state index >= 15 is 0 Å². The fraction of sp³-hybridized carbons (Fsp3) is 0.364. The molecule has 1 amide bonds. The second kappa shape index (κ2) is 7.91. The highest BCUT2D eigenvalue weighted by molar-refractivity contribution is 5.97. The summed E-state index contributed by atoms with van der Waals surface area (Å²) in [6.45, 7) is 1.56. The van der Waals surface area contributed by atoms with Crippen LogP contribution in [-0.4, -0.2) is 25.0 Å². The molecule has 1 aliphatic carbocycles. The van der Waals surface area contributed by atoms with E-state index in [-0.39, 0.29) is 5.91 Å². The molecule has 0 aliphatic heterocycles. The molecule has 0 radical (unpaired) electrons. The number of halogens is 1. The van der Waals surface area contributed by atoms with Gasteiger partial charge in [-0.15, -0.1) is 0 Å². The van der Waals surface area contributed by atoms with E-state index in [0.29, 0.717) is 18.4 Å². The summed E-state index contributed by atoms with van der Waals surface area (Å²) in [6.07, 6.45) is 1.77. The van der Waals surface area contributed by atoms with Crippen LogP contribution in [0.5, 0.6) is 0 Å². The molecule has 27 heavy (non-hydrogen) atoms. The van der Waals surface area contributed by atoms with Gasteiger partial charge in [0, 0.05) is 18.3 Å². The highest BCUT2D eigenvalue weighted by atomic mass is 19.1. The molecular weight excluding hydrogens is 345 g/mol. The number of para-hydroxylation sites is 1. The topological polar surface area (TPSA) is 46.6 Å². The maximum atomic E-state index is 14.4. The Morgan fingerprint density at radius 3 is 2.26 bits per heavy atom. The monoisotopic (exact) mass is 369 g/mol. The third-order valence-corrected chi connectivity index (χ3v) is 5.34. The summed E-state index contributed by atoms with van der Waals surface area (Å²) in [5.74, 6) is -1.25. The van der Waals surface area contributed by atoms with Crippen molar-refractivity contribution in [2.75, 3.05) is 11.9 Å².